The fraction of sp³-hybridized carbons (Fsp3) is 0.286. The summed E-state index contributed by atoms with van der Waals surface area (Å²) in [5.74, 6) is -1.37. The number of quaternary nitrogens is 1. The van der Waals surface area contributed by atoms with Crippen LogP contribution in [0.25, 0.3) is 0 Å². The smallest absolute Gasteiger partial charge is 0.449 e. The van der Waals surface area contributed by atoms with Crippen LogP contribution in [-0.4, -0.2) is 42.2 Å². The molecule has 2 atom stereocenters. The van der Waals surface area contributed by atoms with Crippen molar-refractivity contribution in [2.24, 2.45) is 5.10 Å². The largest absolute Gasteiger partial charge is 0.511 e. The Morgan fingerprint density at radius 1 is 1.31 bits per heavy atom. The molecule has 142 valence electrons. The maximum Gasteiger partial charge on any atom is 0.511 e. The molecular weight excluding hydrogens is 391 g/mol. The van der Waals surface area contributed by atoms with Crippen LogP contribution < -0.4 is 9.33 Å². The summed E-state index contributed by atoms with van der Waals surface area (Å²) in [5.41, 5.74) is -4.38. The fourth-order valence-corrected chi connectivity index (χ4v) is 2.20. The first-order chi connectivity index (χ1) is 12.0. The molecule has 0 amide bonds. The summed E-state index contributed by atoms with van der Waals surface area (Å²) in [6.45, 7) is 0. The highest BCUT2D eigenvalue weighted by Crippen LogP contribution is 2.40. The molecule has 0 aromatic heterocycles. The summed E-state index contributed by atoms with van der Waals surface area (Å²) >= 11 is 4.74. The van der Waals surface area contributed by atoms with Gasteiger partial charge in [-0.2, -0.15) is 8.78 Å². The van der Waals surface area contributed by atoms with E-state index in [1.165, 1.54) is 25.2 Å². The van der Waals surface area contributed by atoms with E-state index in [4.69, 9.17) is 16.7 Å². The Hall–Kier alpha value is -2.40. The number of halogens is 6. The highest BCUT2D eigenvalue weighted by molar-refractivity contribution is 6.20. The van der Waals surface area contributed by atoms with Gasteiger partial charge in [-0.05, 0) is 6.07 Å². The predicted molar refractivity (Wildman–Crippen MR) is 81.1 cm³/mol. The molecule has 2 rings (SSSR count). The van der Waals surface area contributed by atoms with E-state index in [9.17, 15) is 26.7 Å². The second-order valence-electron chi connectivity index (χ2n) is 5.11. The van der Waals surface area contributed by atoms with Crippen molar-refractivity contribution in [1.82, 2.24) is 4.59 Å². The number of rotatable bonds is 6. The first-order valence-electron chi connectivity index (χ1n) is 6.79. The summed E-state index contributed by atoms with van der Waals surface area (Å²) < 4.78 is 73.6. The molecular formula is C14H11ClF5N2O4+. The molecule has 1 heterocycles. The summed E-state index contributed by atoms with van der Waals surface area (Å²) in [6, 6.07) is 4.85. The second kappa shape index (κ2) is 7.08. The molecule has 12 heteroatoms. The van der Waals surface area contributed by atoms with Crippen LogP contribution in [0.15, 0.2) is 41.3 Å². The third-order valence-electron chi connectivity index (χ3n) is 3.19. The summed E-state index contributed by atoms with van der Waals surface area (Å²) in [5, 5.41) is 12.3. The standard InChI is InChI=1S/C14H10ClF5N2O4/c1-22(6-9(25-13(23)24)10(21-22)11(16)17)7-4-2-3-5-8(7)26-14(19,20)12(15)18/h2-6,11-12H,1H3/p+1. The van der Waals surface area contributed by atoms with Gasteiger partial charge in [0.1, 0.15) is 7.05 Å². The Kier molecular flexibility index (Phi) is 5.42. The van der Waals surface area contributed by atoms with E-state index < -0.39 is 46.1 Å². The maximum atomic E-state index is 13.5. The van der Waals surface area contributed by atoms with Crippen LogP contribution in [0, 0.1) is 0 Å². The Morgan fingerprint density at radius 3 is 2.46 bits per heavy atom. The molecule has 1 aromatic rings. The number of hydrogen-bond acceptors (Lipinski definition) is 4. The Morgan fingerprint density at radius 2 is 1.92 bits per heavy atom. The van der Waals surface area contributed by atoms with E-state index in [-0.39, 0.29) is 5.69 Å². The van der Waals surface area contributed by atoms with E-state index in [0.717, 1.165) is 12.3 Å². The molecule has 1 N–H and O–H groups in total. The number of hydrogen-bond donors (Lipinski definition) is 1. The molecule has 0 fully saturated rings. The molecule has 0 saturated carbocycles. The molecule has 0 saturated heterocycles. The average molecular weight is 402 g/mol. The number of alkyl halides is 6. The Labute approximate surface area is 148 Å². The second-order valence-corrected chi connectivity index (χ2v) is 5.49. The average Bonchev–Trinajstić information content (AvgIpc) is 2.84. The minimum Gasteiger partial charge on any atom is -0.449 e. The van der Waals surface area contributed by atoms with Crippen molar-refractivity contribution < 1.29 is 41.3 Å². The zero-order chi connectivity index (χ0) is 19.7. The van der Waals surface area contributed by atoms with Gasteiger partial charge in [0.2, 0.25) is 17.2 Å². The van der Waals surface area contributed by atoms with Gasteiger partial charge in [0.25, 0.3) is 12.1 Å². The third-order valence-corrected chi connectivity index (χ3v) is 3.45. The number of para-hydroxylation sites is 2. The first kappa shape index (κ1) is 19.9. The molecule has 6 nitrogen and oxygen atoms in total. The number of carboxylic acid groups (broad SMARTS) is 1. The highest BCUT2D eigenvalue weighted by Gasteiger charge is 2.46. The topological polar surface area (TPSA) is 68.1 Å². The van der Waals surface area contributed by atoms with Gasteiger partial charge < -0.3 is 14.6 Å². The molecule has 1 aromatic carbocycles. The lowest BCUT2D eigenvalue weighted by Crippen LogP contribution is -2.36. The molecule has 1 aliphatic heterocycles. The van der Waals surface area contributed by atoms with E-state index in [0.29, 0.717) is 0 Å². The van der Waals surface area contributed by atoms with Crippen LogP contribution in [0.2, 0.25) is 0 Å². The molecule has 0 radical (unpaired) electrons. The van der Waals surface area contributed by atoms with Crippen LogP contribution in [-0.2, 0) is 4.74 Å². The van der Waals surface area contributed by atoms with Crippen LogP contribution in [0.1, 0.15) is 0 Å². The van der Waals surface area contributed by atoms with Crippen molar-refractivity contribution in [3.8, 4) is 5.75 Å². The van der Waals surface area contributed by atoms with Gasteiger partial charge in [-0.1, -0.05) is 28.8 Å². The highest BCUT2D eigenvalue weighted by atomic mass is 35.5. The van der Waals surface area contributed by atoms with Gasteiger partial charge in [0.15, 0.2) is 11.9 Å². The maximum absolute atomic E-state index is 13.5. The molecule has 2 unspecified atom stereocenters. The molecule has 1 aliphatic rings. The lowest BCUT2D eigenvalue weighted by Gasteiger charge is -2.24. The molecule has 0 aliphatic carbocycles. The van der Waals surface area contributed by atoms with Crippen molar-refractivity contribution in [1.29, 1.82) is 0 Å². The molecule has 0 spiro atoms. The van der Waals surface area contributed by atoms with Gasteiger partial charge in [-0.3, -0.25) is 0 Å². The van der Waals surface area contributed by atoms with Crippen molar-refractivity contribution in [2.45, 2.75) is 18.2 Å². The van der Waals surface area contributed by atoms with E-state index in [2.05, 4.69) is 14.6 Å². The molecule has 26 heavy (non-hydrogen) atoms. The summed E-state index contributed by atoms with van der Waals surface area (Å²) in [4.78, 5) is 10.7. The number of allylic oxidation sites excluding steroid dienone is 1. The van der Waals surface area contributed by atoms with Gasteiger partial charge in [0.05, 0.1) is 0 Å². The molecule has 0 bridgehead atoms. The van der Waals surface area contributed by atoms with E-state index >= 15 is 0 Å². The zero-order valence-electron chi connectivity index (χ0n) is 12.9. The quantitative estimate of drug-likeness (QED) is 0.334. The van der Waals surface area contributed by atoms with Crippen molar-refractivity contribution in [3.05, 3.63) is 36.2 Å². The minimum absolute atomic E-state index is 0.216. The number of nitrogens with zero attached hydrogens (tertiary/aromatic N) is 2. The van der Waals surface area contributed by atoms with Crippen LogP contribution in [0.5, 0.6) is 5.75 Å². The number of benzene rings is 1. The zero-order valence-corrected chi connectivity index (χ0v) is 13.6. The number of carbonyl (C=O) groups is 1. The minimum atomic E-state index is -4.41. The van der Waals surface area contributed by atoms with Crippen LogP contribution in [0.4, 0.5) is 32.4 Å². The number of ether oxygens (including phenoxy) is 2. The Balaban J connectivity index is 2.51. The van der Waals surface area contributed by atoms with Crippen molar-refractivity contribution in [2.75, 3.05) is 7.05 Å². The van der Waals surface area contributed by atoms with Gasteiger partial charge in [-0.15, -0.1) is 4.59 Å². The predicted octanol–water partition coefficient (Wildman–Crippen LogP) is 4.30. The van der Waals surface area contributed by atoms with Crippen molar-refractivity contribution in [3.63, 3.8) is 0 Å². The van der Waals surface area contributed by atoms with Crippen LogP contribution >= 0.6 is 11.6 Å². The Bertz CT molecular complexity index is 771. The lowest BCUT2D eigenvalue weighted by molar-refractivity contribution is -0.199. The normalized spacial score (nSPS) is 21.2. The van der Waals surface area contributed by atoms with Gasteiger partial charge >= 0.3 is 12.3 Å². The van der Waals surface area contributed by atoms with E-state index in [1.807, 2.05) is 0 Å². The van der Waals surface area contributed by atoms with Gasteiger partial charge in [-0.25, -0.2) is 18.0 Å². The first-order valence-corrected chi connectivity index (χ1v) is 7.23. The summed E-state index contributed by atoms with van der Waals surface area (Å²) in [7, 11) is 1.18. The summed E-state index contributed by atoms with van der Waals surface area (Å²) in [6.07, 6.45) is -8.62. The van der Waals surface area contributed by atoms with Crippen LogP contribution in [0.3, 0.4) is 0 Å². The SMILES string of the molecule is C[N+]1(c2ccccc2OC(F)(F)C(F)Cl)C=C(OC(=O)O)C(C(F)F)=N1. The van der Waals surface area contributed by atoms with Crippen molar-refractivity contribution >= 4 is 29.2 Å². The van der Waals surface area contributed by atoms with Gasteiger partial charge in [0, 0.05) is 6.07 Å². The third kappa shape index (κ3) is 4.05. The monoisotopic (exact) mass is 401 g/mol. The fourth-order valence-electron chi connectivity index (χ4n) is 2.15. The lowest BCUT2D eigenvalue weighted by atomic mass is 10.2. The van der Waals surface area contributed by atoms with E-state index in [1.54, 1.807) is 0 Å².